The lowest BCUT2D eigenvalue weighted by Gasteiger charge is -2.30. The molecule has 0 atom stereocenters. The lowest BCUT2D eigenvalue weighted by atomic mass is 9.97. The largest absolute Gasteiger partial charge is 0.375 e. The molecule has 0 aromatic rings. The minimum Gasteiger partial charge on any atom is -0.375 e. The van der Waals surface area contributed by atoms with Gasteiger partial charge in [-0.3, -0.25) is 0 Å². The SMILES string of the molecule is CC1(C)C/C(=N/NCCC#N)CCO1. The zero-order valence-electron chi connectivity index (χ0n) is 8.84. The van der Waals surface area contributed by atoms with E-state index in [9.17, 15) is 0 Å². The third kappa shape index (κ3) is 3.75. The first kappa shape index (κ1) is 11.0. The van der Waals surface area contributed by atoms with Crippen molar-refractivity contribution in [2.75, 3.05) is 13.2 Å². The van der Waals surface area contributed by atoms with Crippen LogP contribution in [-0.2, 0) is 4.74 Å². The summed E-state index contributed by atoms with van der Waals surface area (Å²) in [4.78, 5) is 0. The third-order valence-corrected chi connectivity index (χ3v) is 2.10. The Morgan fingerprint density at radius 3 is 3.07 bits per heavy atom. The zero-order valence-corrected chi connectivity index (χ0v) is 8.84. The van der Waals surface area contributed by atoms with Gasteiger partial charge in [0, 0.05) is 25.1 Å². The maximum Gasteiger partial charge on any atom is 0.0679 e. The number of nitrogens with one attached hydrogen (secondary N) is 1. The number of hydrazone groups is 1. The second-order valence-corrected chi connectivity index (χ2v) is 4.03. The van der Waals surface area contributed by atoms with Crippen LogP contribution in [0.2, 0.25) is 0 Å². The lowest BCUT2D eigenvalue weighted by molar-refractivity contribution is -0.0200. The van der Waals surface area contributed by atoms with E-state index in [-0.39, 0.29) is 5.60 Å². The maximum atomic E-state index is 8.33. The summed E-state index contributed by atoms with van der Waals surface area (Å²) in [5, 5.41) is 12.6. The van der Waals surface area contributed by atoms with Gasteiger partial charge < -0.3 is 10.2 Å². The van der Waals surface area contributed by atoms with Crippen molar-refractivity contribution in [1.29, 1.82) is 5.26 Å². The van der Waals surface area contributed by atoms with Crippen molar-refractivity contribution in [3.05, 3.63) is 0 Å². The van der Waals surface area contributed by atoms with Gasteiger partial charge in [-0.1, -0.05) is 0 Å². The monoisotopic (exact) mass is 195 g/mol. The number of hydrogen-bond donors (Lipinski definition) is 1. The summed E-state index contributed by atoms with van der Waals surface area (Å²) in [6.45, 7) is 5.50. The zero-order chi connectivity index (χ0) is 10.4. The smallest absolute Gasteiger partial charge is 0.0679 e. The Morgan fingerprint density at radius 1 is 1.64 bits per heavy atom. The Kier molecular flexibility index (Phi) is 3.90. The maximum absolute atomic E-state index is 8.33. The second-order valence-electron chi connectivity index (χ2n) is 4.03. The van der Waals surface area contributed by atoms with Gasteiger partial charge in [0.2, 0.25) is 0 Å². The molecule has 0 saturated carbocycles. The Labute approximate surface area is 84.9 Å². The molecule has 0 spiro atoms. The standard InChI is InChI=1S/C10H17N3O/c1-10(2)8-9(4-7-14-10)13-12-6-3-5-11/h12H,3-4,6-8H2,1-2H3/b13-9+. The molecule has 4 heteroatoms. The van der Waals surface area contributed by atoms with Gasteiger partial charge in [0.1, 0.15) is 0 Å². The summed E-state index contributed by atoms with van der Waals surface area (Å²) in [6.07, 6.45) is 2.26. The first-order valence-electron chi connectivity index (χ1n) is 4.93. The second kappa shape index (κ2) is 4.97. The van der Waals surface area contributed by atoms with Crippen LogP contribution in [0.1, 0.15) is 33.1 Å². The van der Waals surface area contributed by atoms with Gasteiger partial charge in [0.15, 0.2) is 0 Å². The number of nitrogens with zero attached hydrogens (tertiary/aromatic N) is 2. The molecule has 4 nitrogen and oxygen atoms in total. The molecule has 0 aromatic carbocycles. The fourth-order valence-electron chi connectivity index (χ4n) is 1.45. The molecular formula is C10H17N3O. The van der Waals surface area contributed by atoms with Gasteiger partial charge in [-0.15, -0.1) is 0 Å². The molecule has 0 amide bonds. The number of hydrogen-bond acceptors (Lipinski definition) is 4. The van der Waals surface area contributed by atoms with E-state index in [1.54, 1.807) is 0 Å². The van der Waals surface area contributed by atoms with Crippen molar-refractivity contribution in [3.63, 3.8) is 0 Å². The van der Waals surface area contributed by atoms with E-state index in [1.807, 2.05) is 0 Å². The Balaban J connectivity index is 2.33. The van der Waals surface area contributed by atoms with E-state index in [0.29, 0.717) is 13.0 Å². The normalized spacial score (nSPS) is 23.1. The van der Waals surface area contributed by atoms with Crippen LogP contribution in [0.4, 0.5) is 0 Å². The first-order valence-corrected chi connectivity index (χ1v) is 4.93. The number of nitriles is 1. The minimum atomic E-state index is -0.0893. The summed E-state index contributed by atoms with van der Waals surface area (Å²) in [6, 6.07) is 2.07. The van der Waals surface area contributed by atoms with Crippen molar-refractivity contribution in [3.8, 4) is 6.07 Å². The quantitative estimate of drug-likeness (QED) is 0.547. The van der Waals surface area contributed by atoms with E-state index in [4.69, 9.17) is 10.00 Å². The molecule has 0 aromatic heterocycles. The van der Waals surface area contributed by atoms with Crippen LogP contribution in [0.3, 0.4) is 0 Å². The predicted octanol–water partition coefficient (Wildman–Crippen LogP) is 1.43. The topological polar surface area (TPSA) is 57.4 Å². The van der Waals surface area contributed by atoms with Gasteiger partial charge in [-0.05, 0) is 13.8 Å². The van der Waals surface area contributed by atoms with Crippen molar-refractivity contribution in [2.45, 2.75) is 38.7 Å². The first-order chi connectivity index (χ1) is 6.64. The molecule has 1 fully saturated rings. The lowest BCUT2D eigenvalue weighted by Crippen LogP contribution is -2.35. The summed E-state index contributed by atoms with van der Waals surface area (Å²) < 4.78 is 5.56. The highest BCUT2D eigenvalue weighted by Crippen LogP contribution is 2.21. The van der Waals surface area contributed by atoms with Gasteiger partial charge in [-0.25, -0.2) is 0 Å². The van der Waals surface area contributed by atoms with E-state index in [2.05, 4.69) is 30.4 Å². The van der Waals surface area contributed by atoms with Gasteiger partial charge >= 0.3 is 0 Å². The minimum absolute atomic E-state index is 0.0893. The molecule has 1 heterocycles. The average molecular weight is 195 g/mol. The van der Waals surface area contributed by atoms with Crippen LogP contribution < -0.4 is 5.43 Å². The fourth-order valence-corrected chi connectivity index (χ4v) is 1.45. The van der Waals surface area contributed by atoms with E-state index in [0.717, 1.165) is 25.2 Å². The van der Waals surface area contributed by atoms with Crippen LogP contribution in [0.25, 0.3) is 0 Å². The Morgan fingerprint density at radius 2 is 2.43 bits per heavy atom. The van der Waals surface area contributed by atoms with Crippen molar-refractivity contribution >= 4 is 5.71 Å². The van der Waals surface area contributed by atoms with E-state index < -0.39 is 0 Å². The fraction of sp³-hybridized carbons (Fsp3) is 0.800. The van der Waals surface area contributed by atoms with Gasteiger partial charge in [0.05, 0.1) is 24.7 Å². The third-order valence-electron chi connectivity index (χ3n) is 2.10. The molecule has 0 bridgehead atoms. The highest BCUT2D eigenvalue weighted by Gasteiger charge is 2.25. The molecule has 0 unspecified atom stereocenters. The van der Waals surface area contributed by atoms with Crippen LogP contribution in [0.5, 0.6) is 0 Å². The van der Waals surface area contributed by atoms with Crippen LogP contribution in [0, 0.1) is 11.3 Å². The number of ether oxygens (including phenoxy) is 1. The van der Waals surface area contributed by atoms with Crippen molar-refractivity contribution in [1.82, 2.24) is 5.43 Å². The molecule has 1 rings (SSSR count). The van der Waals surface area contributed by atoms with E-state index in [1.165, 1.54) is 0 Å². The van der Waals surface area contributed by atoms with Crippen LogP contribution >= 0.6 is 0 Å². The molecule has 1 aliphatic heterocycles. The highest BCUT2D eigenvalue weighted by atomic mass is 16.5. The highest BCUT2D eigenvalue weighted by molar-refractivity contribution is 5.85. The van der Waals surface area contributed by atoms with E-state index >= 15 is 0 Å². The van der Waals surface area contributed by atoms with Crippen molar-refractivity contribution in [2.24, 2.45) is 5.10 Å². The predicted molar refractivity (Wildman–Crippen MR) is 54.9 cm³/mol. The molecule has 1 N–H and O–H groups in total. The summed E-state index contributed by atoms with van der Waals surface area (Å²) in [5.41, 5.74) is 3.95. The summed E-state index contributed by atoms with van der Waals surface area (Å²) in [7, 11) is 0. The molecule has 1 saturated heterocycles. The molecular weight excluding hydrogens is 178 g/mol. The number of rotatable bonds is 3. The molecule has 0 aliphatic carbocycles. The van der Waals surface area contributed by atoms with Crippen LogP contribution in [0.15, 0.2) is 5.10 Å². The summed E-state index contributed by atoms with van der Waals surface area (Å²) in [5.74, 6) is 0. The molecule has 78 valence electrons. The van der Waals surface area contributed by atoms with Gasteiger partial charge in [0.25, 0.3) is 0 Å². The van der Waals surface area contributed by atoms with Crippen molar-refractivity contribution < 1.29 is 4.74 Å². The average Bonchev–Trinajstić information content (AvgIpc) is 2.11. The molecule has 1 aliphatic rings. The summed E-state index contributed by atoms with van der Waals surface area (Å²) >= 11 is 0. The van der Waals surface area contributed by atoms with Crippen LogP contribution in [-0.4, -0.2) is 24.5 Å². The molecule has 14 heavy (non-hydrogen) atoms. The van der Waals surface area contributed by atoms with Gasteiger partial charge in [-0.2, -0.15) is 10.4 Å². The Hall–Kier alpha value is -1.08. The Bertz CT molecular complexity index is 253. The molecule has 0 radical (unpaired) electrons.